The van der Waals surface area contributed by atoms with Crippen LogP contribution >= 0.6 is 24.0 Å². The van der Waals surface area contributed by atoms with Crippen molar-refractivity contribution >= 4 is 40.0 Å². The summed E-state index contributed by atoms with van der Waals surface area (Å²) in [6.45, 7) is 8.83. The standard InChI is InChI=1S/C20H36N4O2S.HI/c1-5-8-9-17(6-2)14-23-20(22-7-3)24-15-18-10-12-19(13-11-18)16-27(25,26)21-4;/h10-13,17,21H,5-9,14-16H2,1-4H3,(H2,22,23,24);1H. The molecule has 162 valence electrons. The predicted octanol–water partition coefficient (Wildman–Crippen LogP) is 3.63. The summed E-state index contributed by atoms with van der Waals surface area (Å²) in [5, 5.41) is 6.74. The summed E-state index contributed by atoms with van der Waals surface area (Å²) >= 11 is 0. The summed E-state index contributed by atoms with van der Waals surface area (Å²) in [4.78, 5) is 4.65. The molecule has 3 N–H and O–H groups in total. The fourth-order valence-electron chi connectivity index (χ4n) is 2.73. The van der Waals surface area contributed by atoms with Crippen molar-refractivity contribution in [2.24, 2.45) is 10.9 Å². The van der Waals surface area contributed by atoms with Crippen molar-refractivity contribution < 1.29 is 8.42 Å². The fourth-order valence-corrected chi connectivity index (χ4v) is 3.50. The summed E-state index contributed by atoms with van der Waals surface area (Å²) < 4.78 is 25.5. The molecule has 0 aliphatic carbocycles. The minimum atomic E-state index is -3.24. The highest BCUT2D eigenvalue weighted by atomic mass is 127. The number of rotatable bonds is 12. The van der Waals surface area contributed by atoms with Gasteiger partial charge in [0.1, 0.15) is 0 Å². The second-order valence-corrected chi connectivity index (χ2v) is 8.70. The summed E-state index contributed by atoms with van der Waals surface area (Å²) in [5.74, 6) is 1.49. The fraction of sp³-hybridized carbons (Fsp3) is 0.650. The van der Waals surface area contributed by atoms with E-state index < -0.39 is 10.0 Å². The van der Waals surface area contributed by atoms with E-state index in [0.29, 0.717) is 12.5 Å². The molecule has 0 aliphatic rings. The lowest BCUT2D eigenvalue weighted by atomic mass is 9.99. The molecule has 1 aromatic carbocycles. The maximum absolute atomic E-state index is 11.6. The molecule has 0 saturated heterocycles. The first-order valence-corrected chi connectivity index (χ1v) is 11.6. The Morgan fingerprint density at radius 3 is 2.25 bits per heavy atom. The average molecular weight is 525 g/mol. The molecule has 1 aromatic rings. The van der Waals surface area contributed by atoms with Gasteiger partial charge < -0.3 is 10.6 Å². The van der Waals surface area contributed by atoms with Crippen LogP contribution in [-0.2, 0) is 22.3 Å². The van der Waals surface area contributed by atoms with Crippen molar-refractivity contribution in [2.75, 3.05) is 20.1 Å². The van der Waals surface area contributed by atoms with E-state index in [1.807, 2.05) is 24.3 Å². The van der Waals surface area contributed by atoms with Crippen molar-refractivity contribution in [3.63, 3.8) is 0 Å². The highest BCUT2D eigenvalue weighted by Crippen LogP contribution is 2.11. The van der Waals surface area contributed by atoms with Gasteiger partial charge in [0.05, 0.1) is 12.3 Å². The molecular weight excluding hydrogens is 487 g/mol. The number of benzene rings is 1. The number of unbranched alkanes of at least 4 members (excludes halogenated alkanes) is 1. The lowest BCUT2D eigenvalue weighted by Crippen LogP contribution is -2.39. The largest absolute Gasteiger partial charge is 0.357 e. The molecule has 0 fully saturated rings. The van der Waals surface area contributed by atoms with Gasteiger partial charge in [0.25, 0.3) is 0 Å². The molecular formula is C20H37IN4O2S. The minimum Gasteiger partial charge on any atom is -0.357 e. The molecule has 1 unspecified atom stereocenters. The van der Waals surface area contributed by atoms with Crippen LogP contribution in [0.4, 0.5) is 0 Å². The van der Waals surface area contributed by atoms with Crippen molar-refractivity contribution in [1.29, 1.82) is 0 Å². The van der Waals surface area contributed by atoms with E-state index in [9.17, 15) is 8.42 Å². The van der Waals surface area contributed by atoms with Crippen LogP contribution < -0.4 is 15.4 Å². The second kappa shape index (κ2) is 15.0. The predicted molar refractivity (Wildman–Crippen MR) is 130 cm³/mol. The van der Waals surface area contributed by atoms with Gasteiger partial charge in [-0.15, -0.1) is 24.0 Å². The highest BCUT2D eigenvalue weighted by Gasteiger charge is 2.09. The molecule has 0 radical (unpaired) electrons. The Bertz CT molecular complexity index is 663. The molecule has 28 heavy (non-hydrogen) atoms. The van der Waals surface area contributed by atoms with E-state index in [4.69, 9.17) is 0 Å². The Morgan fingerprint density at radius 2 is 1.71 bits per heavy atom. The lowest BCUT2D eigenvalue weighted by Gasteiger charge is -2.18. The number of hydrogen-bond donors (Lipinski definition) is 3. The second-order valence-electron chi connectivity index (χ2n) is 6.77. The van der Waals surface area contributed by atoms with Crippen molar-refractivity contribution in [3.8, 4) is 0 Å². The molecule has 0 spiro atoms. The molecule has 1 rings (SSSR count). The van der Waals surface area contributed by atoms with Gasteiger partial charge in [-0.25, -0.2) is 18.1 Å². The van der Waals surface area contributed by atoms with Crippen molar-refractivity contribution in [3.05, 3.63) is 35.4 Å². The number of nitrogens with one attached hydrogen (secondary N) is 3. The monoisotopic (exact) mass is 524 g/mol. The van der Waals surface area contributed by atoms with Crippen molar-refractivity contribution in [1.82, 2.24) is 15.4 Å². The summed E-state index contributed by atoms with van der Waals surface area (Å²) in [6, 6.07) is 7.56. The van der Waals surface area contributed by atoms with Crippen LogP contribution in [0, 0.1) is 5.92 Å². The van der Waals surface area contributed by atoms with Crippen LogP contribution in [0.1, 0.15) is 57.6 Å². The highest BCUT2D eigenvalue weighted by molar-refractivity contribution is 14.0. The zero-order valence-electron chi connectivity index (χ0n) is 17.6. The Kier molecular flexibility index (Phi) is 14.6. The third-order valence-corrected chi connectivity index (χ3v) is 5.89. The van der Waals surface area contributed by atoms with Gasteiger partial charge in [0.2, 0.25) is 10.0 Å². The quantitative estimate of drug-likeness (QED) is 0.222. The first-order valence-electron chi connectivity index (χ1n) is 9.95. The molecule has 0 aliphatic heterocycles. The van der Waals surface area contributed by atoms with Gasteiger partial charge >= 0.3 is 0 Å². The molecule has 8 heteroatoms. The van der Waals surface area contributed by atoms with E-state index in [-0.39, 0.29) is 29.7 Å². The number of nitrogens with zero attached hydrogens (tertiary/aromatic N) is 1. The number of sulfonamides is 1. The third-order valence-electron chi connectivity index (χ3n) is 4.56. The topological polar surface area (TPSA) is 82.6 Å². The Morgan fingerprint density at radius 1 is 1.07 bits per heavy atom. The average Bonchev–Trinajstić information content (AvgIpc) is 2.67. The molecule has 0 amide bonds. The van der Waals surface area contributed by atoms with Gasteiger partial charge in [0, 0.05) is 13.1 Å². The third kappa shape index (κ3) is 11.2. The molecule has 0 bridgehead atoms. The first kappa shape index (κ1) is 27.1. The zero-order valence-corrected chi connectivity index (χ0v) is 20.8. The van der Waals surface area contributed by atoms with E-state index >= 15 is 0 Å². The Hall–Kier alpha value is -0.870. The molecule has 6 nitrogen and oxygen atoms in total. The van der Waals surface area contributed by atoms with Gasteiger partial charge in [-0.1, -0.05) is 57.4 Å². The Labute approximate surface area is 188 Å². The maximum Gasteiger partial charge on any atom is 0.215 e. The van der Waals surface area contributed by atoms with Gasteiger partial charge in [-0.05, 0) is 37.4 Å². The van der Waals surface area contributed by atoms with Crippen LogP contribution in [-0.4, -0.2) is 34.5 Å². The SMILES string of the molecule is CCCCC(CC)CNC(=NCc1ccc(CS(=O)(=O)NC)cc1)NCC.I. The lowest BCUT2D eigenvalue weighted by molar-refractivity contribution is 0.443. The number of aliphatic imine (C=N–C) groups is 1. The maximum atomic E-state index is 11.6. The van der Waals surface area contributed by atoms with Crippen LogP contribution in [0.5, 0.6) is 0 Å². The van der Waals surface area contributed by atoms with Gasteiger partial charge in [-0.3, -0.25) is 0 Å². The van der Waals surface area contributed by atoms with Crippen LogP contribution in [0.15, 0.2) is 29.3 Å². The van der Waals surface area contributed by atoms with E-state index in [2.05, 4.69) is 41.1 Å². The molecule has 0 aromatic heterocycles. The minimum absolute atomic E-state index is 0. The number of halogens is 1. The van der Waals surface area contributed by atoms with Crippen molar-refractivity contribution in [2.45, 2.75) is 58.8 Å². The molecule has 0 heterocycles. The van der Waals surface area contributed by atoms with Gasteiger partial charge in [-0.2, -0.15) is 0 Å². The van der Waals surface area contributed by atoms with Crippen LogP contribution in [0.3, 0.4) is 0 Å². The van der Waals surface area contributed by atoms with E-state index in [1.165, 1.54) is 32.7 Å². The number of hydrogen-bond acceptors (Lipinski definition) is 3. The molecule has 1 atom stereocenters. The first-order chi connectivity index (χ1) is 12.9. The molecule has 0 saturated carbocycles. The summed E-state index contributed by atoms with van der Waals surface area (Å²) in [6.07, 6.45) is 4.92. The Balaban J connectivity index is 0.00000729. The van der Waals surface area contributed by atoms with Crippen LogP contribution in [0.25, 0.3) is 0 Å². The van der Waals surface area contributed by atoms with E-state index in [1.54, 1.807) is 0 Å². The zero-order chi connectivity index (χ0) is 20.1. The summed E-state index contributed by atoms with van der Waals surface area (Å²) in [5.41, 5.74) is 1.82. The summed E-state index contributed by atoms with van der Waals surface area (Å²) in [7, 11) is -1.81. The smallest absolute Gasteiger partial charge is 0.215 e. The van der Waals surface area contributed by atoms with Gasteiger partial charge in [0.15, 0.2) is 5.96 Å². The van der Waals surface area contributed by atoms with E-state index in [0.717, 1.165) is 30.2 Å². The van der Waals surface area contributed by atoms with Crippen LogP contribution in [0.2, 0.25) is 0 Å². The number of guanidine groups is 1. The normalized spacial score (nSPS) is 12.9.